The molecular weight excluding hydrogens is 423 g/mol. The fourth-order valence-electron chi connectivity index (χ4n) is 4.35. The minimum absolute atomic E-state index is 0.00826. The van der Waals surface area contributed by atoms with Crippen molar-refractivity contribution in [2.24, 2.45) is 0 Å². The third-order valence-corrected chi connectivity index (χ3v) is 5.96. The summed E-state index contributed by atoms with van der Waals surface area (Å²) in [5.74, 6) is 0.422. The van der Waals surface area contributed by atoms with E-state index in [2.05, 4.69) is 30.4 Å². The summed E-state index contributed by atoms with van der Waals surface area (Å²) in [6.45, 7) is 5.02. The molecular formula is C21H22F3N7O. The average Bonchev–Trinajstić information content (AvgIpc) is 3.38. The summed E-state index contributed by atoms with van der Waals surface area (Å²) in [6, 6.07) is 3.96. The summed E-state index contributed by atoms with van der Waals surface area (Å²) in [5.41, 5.74) is 7.11. The highest BCUT2D eigenvalue weighted by Gasteiger charge is 2.39. The molecule has 2 saturated heterocycles. The number of aryl methyl sites for hydroxylation is 1. The van der Waals surface area contributed by atoms with Crippen LogP contribution in [-0.2, 0) is 10.9 Å². The van der Waals surface area contributed by atoms with Crippen LogP contribution in [0.25, 0.3) is 10.9 Å². The Labute approximate surface area is 182 Å². The van der Waals surface area contributed by atoms with Crippen LogP contribution in [0.1, 0.15) is 36.5 Å². The number of nitrogens with zero attached hydrogens (tertiary/aromatic N) is 5. The van der Waals surface area contributed by atoms with Crippen LogP contribution >= 0.6 is 0 Å². The van der Waals surface area contributed by atoms with E-state index >= 15 is 0 Å². The second kappa shape index (κ2) is 7.44. The predicted octanol–water partition coefficient (Wildman–Crippen LogP) is 3.48. The minimum Gasteiger partial charge on any atom is -0.399 e. The average molecular weight is 445 g/mol. The Kier molecular flexibility index (Phi) is 4.81. The van der Waals surface area contributed by atoms with Gasteiger partial charge in [-0.1, -0.05) is 0 Å². The Hall–Kier alpha value is -3.21. The van der Waals surface area contributed by atoms with Crippen LogP contribution in [0.3, 0.4) is 0 Å². The third-order valence-electron chi connectivity index (χ3n) is 5.96. The number of fused-ring (bicyclic) bond motifs is 3. The van der Waals surface area contributed by atoms with Gasteiger partial charge in [-0.05, 0) is 38.5 Å². The number of morpholine rings is 1. The molecule has 2 aliphatic rings. The van der Waals surface area contributed by atoms with Gasteiger partial charge in [0.2, 0.25) is 0 Å². The smallest absolute Gasteiger partial charge is 0.399 e. The number of nitrogens with two attached hydrogens (primary N) is 1. The zero-order valence-corrected chi connectivity index (χ0v) is 17.5. The van der Waals surface area contributed by atoms with E-state index in [9.17, 15) is 13.2 Å². The number of hydrogen-bond donors (Lipinski definition) is 2. The largest absolute Gasteiger partial charge is 0.433 e. The van der Waals surface area contributed by atoms with Gasteiger partial charge in [0, 0.05) is 17.6 Å². The highest BCUT2D eigenvalue weighted by Crippen LogP contribution is 2.35. The third kappa shape index (κ3) is 3.66. The maximum atomic E-state index is 13.2. The van der Waals surface area contributed by atoms with Crippen LogP contribution in [0.2, 0.25) is 0 Å². The van der Waals surface area contributed by atoms with Crippen LogP contribution in [0.15, 0.2) is 24.4 Å². The van der Waals surface area contributed by atoms with Gasteiger partial charge in [-0.15, -0.1) is 5.10 Å². The molecule has 11 heteroatoms. The number of nitrogens with one attached hydrogen (secondary N) is 1. The molecule has 5 rings (SSSR count). The molecule has 2 unspecified atom stereocenters. The second-order valence-corrected chi connectivity index (χ2v) is 8.30. The van der Waals surface area contributed by atoms with E-state index in [0.29, 0.717) is 29.7 Å². The lowest BCUT2D eigenvalue weighted by Gasteiger charge is -2.29. The summed E-state index contributed by atoms with van der Waals surface area (Å²) in [6.07, 6.45) is -1.53. The molecule has 0 spiro atoms. The van der Waals surface area contributed by atoms with Crippen molar-refractivity contribution < 1.29 is 17.9 Å². The lowest BCUT2D eigenvalue weighted by atomic mass is 10.1. The molecule has 2 bridgehead atoms. The molecule has 3 aromatic rings. The van der Waals surface area contributed by atoms with E-state index < -0.39 is 17.9 Å². The molecule has 3 atom stereocenters. The molecule has 0 amide bonds. The number of hydrogen-bond acceptors (Lipinski definition) is 8. The zero-order valence-electron chi connectivity index (χ0n) is 17.5. The van der Waals surface area contributed by atoms with E-state index in [0.717, 1.165) is 30.1 Å². The maximum Gasteiger partial charge on any atom is 0.433 e. The fraction of sp³-hybridized carbons (Fsp3) is 0.429. The van der Waals surface area contributed by atoms with Crippen molar-refractivity contribution in [3.63, 3.8) is 0 Å². The lowest BCUT2D eigenvalue weighted by Crippen LogP contribution is -2.36. The van der Waals surface area contributed by atoms with Crippen LogP contribution in [0, 0.1) is 6.92 Å². The Balaban J connectivity index is 1.49. The molecule has 32 heavy (non-hydrogen) atoms. The van der Waals surface area contributed by atoms with Gasteiger partial charge in [-0.2, -0.15) is 18.3 Å². The van der Waals surface area contributed by atoms with Gasteiger partial charge in [0.25, 0.3) is 0 Å². The minimum atomic E-state index is -4.59. The van der Waals surface area contributed by atoms with Crippen molar-refractivity contribution in [1.82, 2.24) is 20.2 Å². The van der Waals surface area contributed by atoms with Crippen molar-refractivity contribution in [3.8, 4) is 0 Å². The number of aromatic nitrogens is 4. The van der Waals surface area contributed by atoms with Gasteiger partial charge in [-0.25, -0.2) is 4.98 Å². The molecule has 5 heterocycles. The van der Waals surface area contributed by atoms with E-state index in [4.69, 9.17) is 10.5 Å². The Morgan fingerprint density at radius 2 is 2.06 bits per heavy atom. The Morgan fingerprint density at radius 3 is 2.75 bits per heavy atom. The summed E-state index contributed by atoms with van der Waals surface area (Å²) >= 11 is 0. The topological polar surface area (TPSA) is 102 Å². The van der Waals surface area contributed by atoms with Crippen LogP contribution < -0.4 is 16.0 Å². The van der Waals surface area contributed by atoms with Gasteiger partial charge >= 0.3 is 6.18 Å². The van der Waals surface area contributed by atoms with Gasteiger partial charge in [0.15, 0.2) is 5.82 Å². The highest BCUT2D eigenvalue weighted by molar-refractivity contribution is 5.92. The maximum absolute atomic E-state index is 13.2. The quantitative estimate of drug-likeness (QED) is 0.629. The van der Waals surface area contributed by atoms with Gasteiger partial charge < -0.3 is 20.7 Å². The molecule has 3 aromatic heterocycles. The lowest BCUT2D eigenvalue weighted by molar-refractivity contribution is -0.141. The number of nitrogen functional groups attached to an aromatic ring is 1. The summed E-state index contributed by atoms with van der Waals surface area (Å²) in [5, 5.41) is 12.3. The van der Waals surface area contributed by atoms with Crippen molar-refractivity contribution in [3.05, 3.63) is 41.5 Å². The van der Waals surface area contributed by atoms with Gasteiger partial charge in [0.1, 0.15) is 5.69 Å². The molecule has 8 nitrogen and oxygen atoms in total. The molecule has 168 valence electrons. The molecule has 0 saturated carbocycles. The Bertz CT molecular complexity index is 1190. The monoisotopic (exact) mass is 445 g/mol. The van der Waals surface area contributed by atoms with Crippen LogP contribution in [-0.4, -0.2) is 45.5 Å². The number of rotatable bonds is 4. The normalized spacial score (nSPS) is 21.3. The number of halogens is 3. The number of anilines is 3. The van der Waals surface area contributed by atoms with Gasteiger partial charge in [-0.3, -0.25) is 4.98 Å². The van der Waals surface area contributed by atoms with E-state index in [1.165, 1.54) is 6.07 Å². The first-order valence-corrected chi connectivity index (χ1v) is 10.3. The summed E-state index contributed by atoms with van der Waals surface area (Å²) < 4.78 is 45.2. The zero-order chi connectivity index (χ0) is 22.6. The SMILES string of the molecule is Cc1nnc(N[C@H](C)c2cc(N)cc(C(F)(F)F)n2)c2cc(N3CC4CC3CO4)cnc12. The highest BCUT2D eigenvalue weighted by atomic mass is 19.4. The first-order valence-electron chi connectivity index (χ1n) is 10.3. The van der Waals surface area contributed by atoms with Crippen molar-refractivity contribution in [1.29, 1.82) is 0 Å². The molecule has 0 aliphatic carbocycles. The van der Waals surface area contributed by atoms with Crippen molar-refractivity contribution >= 4 is 28.1 Å². The summed E-state index contributed by atoms with van der Waals surface area (Å²) in [7, 11) is 0. The number of ether oxygens (including phenoxy) is 1. The standard InChI is InChI=1S/C21H22F3N7O/c1-10(17-3-12(25)4-18(28-17)21(22,23)24)27-20-16-6-13(7-26-19(16)11(2)29-30-20)31-8-15-5-14(31)9-32-15/h3-4,6-7,10,14-15H,5,8-9H2,1-2H3,(H2,25,28)(H,27,30)/t10-,14?,15?/m1/s1. The van der Waals surface area contributed by atoms with Crippen molar-refractivity contribution in [2.75, 3.05) is 29.1 Å². The summed E-state index contributed by atoms with van der Waals surface area (Å²) in [4.78, 5) is 10.6. The molecule has 2 fully saturated rings. The van der Waals surface area contributed by atoms with E-state index in [1.54, 1.807) is 6.92 Å². The van der Waals surface area contributed by atoms with Gasteiger partial charge in [0.05, 0.1) is 53.6 Å². The van der Waals surface area contributed by atoms with Crippen molar-refractivity contribution in [2.45, 2.75) is 44.6 Å². The molecule has 0 aromatic carbocycles. The first kappa shape index (κ1) is 20.7. The molecule has 2 aliphatic heterocycles. The fourth-order valence-corrected chi connectivity index (χ4v) is 4.35. The second-order valence-electron chi connectivity index (χ2n) is 8.30. The van der Waals surface area contributed by atoms with Crippen LogP contribution in [0.5, 0.6) is 0 Å². The number of pyridine rings is 2. The first-order chi connectivity index (χ1) is 15.2. The predicted molar refractivity (Wildman–Crippen MR) is 113 cm³/mol. The van der Waals surface area contributed by atoms with Crippen LogP contribution in [0.4, 0.5) is 30.4 Å². The van der Waals surface area contributed by atoms with E-state index in [-0.39, 0.29) is 17.5 Å². The molecule has 3 N–H and O–H groups in total. The van der Waals surface area contributed by atoms with E-state index in [1.807, 2.05) is 19.2 Å². The Morgan fingerprint density at radius 1 is 1.25 bits per heavy atom. The molecule has 0 radical (unpaired) electrons. The number of alkyl halides is 3.